The molecule has 5 nitrogen and oxygen atoms in total. The van der Waals surface area contributed by atoms with Crippen LogP contribution in [0.25, 0.3) is 0 Å². The lowest BCUT2D eigenvalue weighted by molar-refractivity contribution is -0.136. The summed E-state index contributed by atoms with van der Waals surface area (Å²) in [6.45, 7) is -0.477. The second-order valence-electron chi connectivity index (χ2n) is 4.63. The minimum atomic E-state index is -4.18. The van der Waals surface area contributed by atoms with Gasteiger partial charge in [-0.15, -0.1) is 0 Å². The van der Waals surface area contributed by atoms with E-state index in [0.29, 0.717) is 10.4 Å². The van der Waals surface area contributed by atoms with E-state index in [1.807, 2.05) is 0 Å². The number of benzene rings is 2. The summed E-state index contributed by atoms with van der Waals surface area (Å²) in [5, 5.41) is 8.78. The molecule has 8 heteroatoms. The van der Waals surface area contributed by atoms with Gasteiger partial charge in [0.05, 0.1) is 17.0 Å². The summed E-state index contributed by atoms with van der Waals surface area (Å²) in [7, 11) is -4.18. The number of carboxylic acid groups (broad SMARTS) is 1. The van der Waals surface area contributed by atoms with Crippen molar-refractivity contribution < 1.29 is 27.1 Å². The Bertz CT molecular complexity index is 809. The van der Waals surface area contributed by atoms with Gasteiger partial charge in [-0.2, -0.15) is 0 Å². The van der Waals surface area contributed by atoms with Crippen LogP contribution in [0.5, 0.6) is 0 Å². The van der Waals surface area contributed by atoms with Crippen LogP contribution in [0.15, 0.2) is 53.4 Å². The predicted molar refractivity (Wildman–Crippen MR) is 79.6 cm³/mol. The van der Waals surface area contributed by atoms with Crippen LogP contribution in [0.2, 0.25) is 0 Å². The lowest BCUT2D eigenvalue weighted by Crippen LogP contribution is -2.33. The van der Waals surface area contributed by atoms with Crippen LogP contribution in [0.1, 0.15) is 6.42 Å². The molecule has 1 N–H and O–H groups in total. The van der Waals surface area contributed by atoms with Crippen molar-refractivity contribution in [2.75, 3.05) is 10.8 Å². The molecule has 0 bridgehead atoms. The van der Waals surface area contributed by atoms with Gasteiger partial charge in [0.2, 0.25) is 0 Å². The van der Waals surface area contributed by atoms with Crippen molar-refractivity contribution in [2.45, 2.75) is 11.3 Å². The maximum atomic E-state index is 14.0. The minimum Gasteiger partial charge on any atom is -0.481 e. The van der Waals surface area contributed by atoms with Crippen molar-refractivity contribution >= 4 is 21.7 Å². The van der Waals surface area contributed by atoms with Crippen LogP contribution in [0.3, 0.4) is 0 Å². The molecule has 0 amide bonds. The third-order valence-electron chi connectivity index (χ3n) is 3.04. The fourth-order valence-electron chi connectivity index (χ4n) is 1.97. The van der Waals surface area contributed by atoms with Crippen molar-refractivity contribution in [3.8, 4) is 0 Å². The summed E-state index contributed by atoms with van der Waals surface area (Å²) in [5.41, 5.74) is -0.406. The van der Waals surface area contributed by atoms with Gasteiger partial charge < -0.3 is 5.11 Å². The number of hydrogen-bond donors (Lipinski definition) is 1. The number of sulfonamides is 1. The van der Waals surface area contributed by atoms with Crippen molar-refractivity contribution in [3.05, 3.63) is 60.2 Å². The van der Waals surface area contributed by atoms with E-state index in [4.69, 9.17) is 5.11 Å². The normalized spacial score (nSPS) is 11.2. The maximum Gasteiger partial charge on any atom is 0.305 e. The van der Waals surface area contributed by atoms with Crippen LogP contribution in [0.4, 0.5) is 14.5 Å². The minimum absolute atomic E-state index is 0.117. The Morgan fingerprint density at radius 1 is 1.09 bits per heavy atom. The first-order chi connectivity index (χ1) is 10.8. The van der Waals surface area contributed by atoms with Gasteiger partial charge in [0.15, 0.2) is 0 Å². The molecule has 0 aliphatic heterocycles. The monoisotopic (exact) mass is 341 g/mol. The molecule has 0 aromatic heterocycles. The maximum absolute atomic E-state index is 14.0. The Labute approximate surface area is 131 Å². The number of carboxylic acids is 1. The smallest absolute Gasteiger partial charge is 0.305 e. The van der Waals surface area contributed by atoms with Gasteiger partial charge in [0, 0.05) is 12.6 Å². The van der Waals surface area contributed by atoms with E-state index in [2.05, 4.69) is 0 Å². The molecule has 0 radical (unpaired) electrons. The predicted octanol–water partition coefficient (Wildman–Crippen LogP) is 2.63. The summed E-state index contributed by atoms with van der Waals surface area (Å²) >= 11 is 0. The highest BCUT2D eigenvalue weighted by Crippen LogP contribution is 2.27. The number of nitrogens with zero attached hydrogens (tertiary/aromatic N) is 1. The first-order valence-corrected chi connectivity index (χ1v) is 8.01. The van der Waals surface area contributed by atoms with Gasteiger partial charge in [0.1, 0.15) is 11.6 Å². The molecule has 122 valence electrons. The zero-order chi connectivity index (χ0) is 17.0. The highest BCUT2D eigenvalue weighted by atomic mass is 32.2. The quantitative estimate of drug-likeness (QED) is 0.876. The second-order valence-corrected chi connectivity index (χ2v) is 6.49. The SMILES string of the molecule is O=C(O)CCN(c1ccc(F)cc1F)S(=O)(=O)c1ccccc1. The van der Waals surface area contributed by atoms with Gasteiger partial charge >= 0.3 is 5.97 Å². The average Bonchev–Trinajstić information content (AvgIpc) is 2.49. The number of aliphatic carboxylic acids is 1. The molecule has 0 atom stereocenters. The van der Waals surface area contributed by atoms with Crippen molar-refractivity contribution in [1.29, 1.82) is 0 Å². The summed E-state index contributed by atoms with van der Waals surface area (Å²) < 4.78 is 53.0. The molecule has 0 spiro atoms. The first kappa shape index (κ1) is 16.9. The van der Waals surface area contributed by atoms with E-state index in [-0.39, 0.29) is 4.90 Å². The van der Waals surface area contributed by atoms with E-state index in [0.717, 1.165) is 12.1 Å². The highest BCUT2D eigenvalue weighted by Gasteiger charge is 2.27. The summed E-state index contributed by atoms with van der Waals surface area (Å²) in [4.78, 5) is 10.6. The van der Waals surface area contributed by atoms with E-state index in [1.165, 1.54) is 24.3 Å². The lowest BCUT2D eigenvalue weighted by atomic mass is 10.3. The van der Waals surface area contributed by atoms with Crippen LogP contribution in [-0.4, -0.2) is 26.0 Å². The summed E-state index contributed by atoms with van der Waals surface area (Å²) in [6, 6.07) is 9.63. The van der Waals surface area contributed by atoms with E-state index >= 15 is 0 Å². The number of carbonyl (C=O) groups is 1. The van der Waals surface area contributed by atoms with Gasteiger partial charge in [-0.3, -0.25) is 9.10 Å². The van der Waals surface area contributed by atoms with Crippen molar-refractivity contribution in [2.24, 2.45) is 0 Å². The summed E-state index contributed by atoms with van der Waals surface area (Å²) in [5.74, 6) is -3.18. The third kappa shape index (κ3) is 3.84. The molecule has 0 saturated heterocycles. The molecule has 2 rings (SSSR count). The fraction of sp³-hybridized carbons (Fsp3) is 0.133. The first-order valence-electron chi connectivity index (χ1n) is 6.57. The zero-order valence-corrected chi connectivity index (χ0v) is 12.6. The molecule has 23 heavy (non-hydrogen) atoms. The van der Waals surface area contributed by atoms with Gasteiger partial charge in [-0.1, -0.05) is 18.2 Å². The number of halogens is 2. The standard InChI is InChI=1S/C15H13F2NO4S/c16-11-6-7-14(13(17)10-11)18(9-8-15(19)20)23(21,22)12-4-2-1-3-5-12/h1-7,10H,8-9H2,(H,19,20). The van der Waals surface area contributed by atoms with Crippen LogP contribution >= 0.6 is 0 Å². The summed E-state index contributed by atoms with van der Waals surface area (Å²) in [6.07, 6.45) is -0.525. The second kappa shape index (κ2) is 6.74. The highest BCUT2D eigenvalue weighted by molar-refractivity contribution is 7.92. The number of anilines is 1. The third-order valence-corrected chi connectivity index (χ3v) is 4.87. The number of hydrogen-bond acceptors (Lipinski definition) is 3. The molecule has 0 fully saturated rings. The van der Waals surface area contributed by atoms with Crippen molar-refractivity contribution in [3.63, 3.8) is 0 Å². The Morgan fingerprint density at radius 3 is 2.30 bits per heavy atom. The zero-order valence-electron chi connectivity index (χ0n) is 11.8. The Hall–Kier alpha value is -2.48. The van der Waals surface area contributed by atoms with Crippen LogP contribution in [0, 0.1) is 11.6 Å². The average molecular weight is 341 g/mol. The Balaban J connectivity index is 2.52. The number of rotatable bonds is 6. The molecule has 0 saturated carbocycles. The van der Waals surface area contributed by atoms with Gasteiger partial charge in [0.25, 0.3) is 10.0 Å². The Kier molecular flexibility index (Phi) is 4.95. The van der Waals surface area contributed by atoms with Gasteiger partial charge in [-0.25, -0.2) is 17.2 Å². The fourth-order valence-corrected chi connectivity index (χ4v) is 3.46. The van der Waals surface area contributed by atoms with E-state index in [1.54, 1.807) is 6.07 Å². The molecule has 2 aromatic rings. The lowest BCUT2D eigenvalue weighted by Gasteiger charge is -2.24. The van der Waals surface area contributed by atoms with E-state index < -0.39 is 46.3 Å². The van der Waals surface area contributed by atoms with E-state index in [9.17, 15) is 22.0 Å². The molecular weight excluding hydrogens is 328 g/mol. The van der Waals surface area contributed by atoms with Crippen LogP contribution < -0.4 is 4.31 Å². The molecule has 0 aliphatic rings. The molecule has 0 unspecified atom stereocenters. The molecule has 2 aromatic carbocycles. The largest absolute Gasteiger partial charge is 0.481 e. The molecular formula is C15H13F2NO4S. The Morgan fingerprint density at radius 2 is 1.74 bits per heavy atom. The molecule has 0 aliphatic carbocycles. The topological polar surface area (TPSA) is 74.7 Å². The van der Waals surface area contributed by atoms with Gasteiger partial charge in [-0.05, 0) is 24.3 Å². The van der Waals surface area contributed by atoms with Crippen molar-refractivity contribution in [1.82, 2.24) is 0 Å². The van der Waals surface area contributed by atoms with Crippen LogP contribution in [-0.2, 0) is 14.8 Å². The molecule has 0 heterocycles.